The molecule has 0 aromatic heterocycles. The fourth-order valence-electron chi connectivity index (χ4n) is 0.930. The Morgan fingerprint density at radius 2 is 1.75 bits per heavy atom. The van der Waals surface area contributed by atoms with Crippen molar-refractivity contribution in [3.05, 3.63) is 41.5 Å². The lowest BCUT2D eigenvalue weighted by Gasteiger charge is -1.97. The molecule has 0 N–H and O–H groups in total. The number of hydrogen-bond donors (Lipinski definition) is 0. The number of hydrogen-bond acceptors (Lipinski definition) is 2. The third-order valence-electron chi connectivity index (χ3n) is 1.60. The van der Waals surface area contributed by atoms with Crippen LogP contribution in [-0.2, 0) is 0 Å². The quantitative estimate of drug-likeness (QED) is 0.633. The average molecular weight is 160 g/mol. The van der Waals surface area contributed by atoms with Crippen LogP contribution in [-0.4, -0.2) is 12.6 Å². The molecular formula is C10H8O2. The van der Waals surface area contributed by atoms with E-state index in [1.165, 1.54) is 0 Å². The van der Waals surface area contributed by atoms with Crippen LogP contribution in [0.1, 0.15) is 26.3 Å². The first-order chi connectivity index (χ1) is 5.81. The molecule has 0 radical (unpaired) electrons. The summed E-state index contributed by atoms with van der Waals surface area (Å²) in [6, 6.07) is 4.97. The van der Waals surface area contributed by atoms with Crippen LogP contribution in [0.5, 0.6) is 0 Å². The first-order valence-electron chi connectivity index (χ1n) is 3.48. The second-order valence-corrected chi connectivity index (χ2v) is 2.33. The fourth-order valence-corrected chi connectivity index (χ4v) is 0.930. The second kappa shape index (κ2) is 3.62. The Balaban J connectivity index is 3.27. The van der Waals surface area contributed by atoms with Crippen LogP contribution in [0.4, 0.5) is 0 Å². The maximum atomic E-state index is 10.5. The van der Waals surface area contributed by atoms with Crippen molar-refractivity contribution in [2.75, 3.05) is 0 Å². The van der Waals surface area contributed by atoms with Gasteiger partial charge in [-0.1, -0.05) is 24.8 Å². The van der Waals surface area contributed by atoms with Gasteiger partial charge in [0.2, 0.25) is 0 Å². The summed E-state index contributed by atoms with van der Waals surface area (Å²) in [5.74, 6) is 0. The number of rotatable bonds is 3. The van der Waals surface area contributed by atoms with Crippen molar-refractivity contribution < 1.29 is 9.59 Å². The van der Waals surface area contributed by atoms with Crippen molar-refractivity contribution in [3.8, 4) is 0 Å². The second-order valence-electron chi connectivity index (χ2n) is 2.33. The number of benzene rings is 1. The predicted octanol–water partition coefficient (Wildman–Crippen LogP) is 1.95. The van der Waals surface area contributed by atoms with Crippen LogP contribution in [0.2, 0.25) is 0 Å². The van der Waals surface area contributed by atoms with Crippen LogP contribution in [0.3, 0.4) is 0 Å². The third kappa shape index (κ3) is 1.48. The topological polar surface area (TPSA) is 34.1 Å². The highest BCUT2D eigenvalue weighted by molar-refractivity contribution is 5.90. The molecule has 2 nitrogen and oxygen atoms in total. The summed E-state index contributed by atoms with van der Waals surface area (Å²) in [6.07, 6.45) is 2.95. The largest absolute Gasteiger partial charge is 0.298 e. The minimum atomic E-state index is 0.405. The van der Waals surface area contributed by atoms with Gasteiger partial charge in [-0.3, -0.25) is 9.59 Å². The van der Waals surface area contributed by atoms with Gasteiger partial charge in [-0.2, -0.15) is 0 Å². The van der Waals surface area contributed by atoms with Gasteiger partial charge in [-0.15, -0.1) is 0 Å². The van der Waals surface area contributed by atoms with Gasteiger partial charge in [0, 0.05) is 11.1 Å². The van der Waals surface area contributed by atoms with E-state index in [9.17, 15) is 9.59 Å². The molecule has 2 heteroatoms. The minimum absolute atomic E-state index is 0.405. The van der Waals surface area contributed by atoms with Crippen LogP contribution in [0.15, 0.2) is 24.8 Å². The summed E-state index contributed by atoms with van der Waals surface area (Å²) in [6.45, 7) is 3.56. The minimum Gasteiger partial charge on any atom is -0.298 e. The molecule has 0 spiro atoms. The van der Waals surface area contributed by atoms with Gasteiger partial charge in [0.05, 0.1) is 0 Å². The van der Waals surface area contributed by atoms with Crippen LogP contribution in [0.25, 0.3) is 6.08 Å². The zero-order chi connectivity index (χ0) is 8.97. The number of aldehydes is 2. The molecular weight excluding hydrogens is 152 g/mol. The summed E-state index contributed by atoms with van der Waals surface area (Å²) in [7, 11) is 0. The van der Waals surface area contributed by atoms with Gasteiger partial charge in [-0.25, -0.2) is 0 Å². The van der Waals surface area contributed by atoms with Crippen LogP contribution >= 0.6 is 0 Å². The van der Waals surface area contributed by atoms with E-state index in [2.05, 4.69) is 6.58 Å². The zero-order valence-corrected chi connectivity index (χ0v) is 6.49. The first kappa shape index (κ1) is 8.40. The molecule has 0 amide bonds. The predicted molar refractivity (Wildman–Crippen MR) is 47.3 cm³/mol. The molecule has 0 saturated heterocycles. The number of carbonyl (C=O) groups is 2. The zero-order valence-electron chi connectivity index (χ0n) is 6.49. The Labute approximate surface area is 70.5 Å². The Morgan fingerprint density at radius 1 is 1.08 bits per heavy atom. The van der Waals surface area contributed by atoms with Gasteiger partial charge >= 0.3 is 0 Å². The maximum absolute atomic E-state index is 10.5. The Kier molecular flexibility index (Phi) is 2.53. The SMILES string of the molecule is C=Cc1ccc(C=O)c(C=O)c1. The van der Waals surface area contributed by atoms with Crippen LogP contribution in [0, 0.1) is 0 Å². The molecule has 0 atom stereocenters. The third-order valence-corrected chi connectivity index (χ3v) is 1.60. The van der Waals surface area contributed by atoms with Gasteiger partial charge < -0.3 is 0 Å². The molecule has 0 aliphatic heterocycles. The lowest BCUT2D eigenvalue weighted by Crippen LogP contribution is -1.90. The standard InChI is InChI=1S/C10H8O2/c1-2-8-3-4-9(6-11)10(5-8)7-12/h2-7H,1H2. The molecule has 0 saturated carbocycles. The smallest absolute Gasteiger partial charge is 0.150 e. The van der Waals surface area contributed by atoms with E-state index in [1.54, 1.807) is 24.3 Å². The Morgan fingerprint density at radius 3 is 2.25 bits per heavy atom. The van der Waals surface area contributed by atoms with E-state index >= 15 is 0 Å². The van der Waals surface area contributed by atoms with Crippen LogP contribution < -0.4 is 0 Å². The molecule has 0 aliphatic rings. The molecule has 12 heavy (non-hydrogen) atoms. The molecule has 0 heterocycles. The molecule has 0 fully saturated rings. The summed E-state index contributed by atoms with van der Waals surface area (Å²) < 4.78 is 0. The summed E-state index contributed by atoms with van der Waals surface area (Å²) >= 11 is 0. The summed E-state index contributed by atoms with van der Waals surface area (Å²) in [5, 5.41) is 0. The highest BCUT2D eigenvalue weighted by Gasteiger charge is 1.99. The van der Waals surface area contributed by atoms with Crippen molar-refractivity contribution >= 4 is 18.6 Å². The molecule has 0 aliphatic carbocycles. The Bertz CT molecular complexity index is 327. The van der Waals surface area contributed by atoms with E-state index in [4.69, 9.17) is 0 Å². The first-order valence-corrected chi connectivity index (χ1v) is 3.48. The molecule has 0 unspecified atom stereocenters. The number of carbonyl (C=O) groups excluding carboxylic acids is 2. The highest BCUT2D eigenvalue weighted by atomic mass is 16.1. The van der Waals surface area contributed by atoms with E-state index in [1.807, 2.05) is 0 Å². The van der Waals surface area contributed by atoms with Gasteiger partial charge in [0.1, 0.15) is 0 Å². The van der Waals surface area contributed by atoms with E-state index in [0.717, 1.165) is 5.56 Å². The highest BCUT2D eigenvalue weighted by Crippen LogP contribution is 2.08. The van der Waals surface area contributed by atoms with Gasteiger partial charge in [0.25, 0.3) is 0 Å². The van der Waals surface area contributed by atoms with Crippen molar-refractivity contribution in [1.29, 1.82) is 0 Å². The Hall–Kier alpha value is -1.70. The summed E-state index contributed by atoms with van der Waals surface area (Å²) in [5.41, 5.74) is 1.65. The maximum Gasteiger partial charge on any atom is 0.150 e. The van der Waals surface area contributed by atoms with Gasteiger partial charge in [-0.05, 0) is 11.6 Å². The summed E-state index contributed by atoms with van der Waals surface area (Å²) in [4.78, 5) is 20.9. The lowest BCUT2D eigenvalue weighted by molar-refractivity contribution is 0.109. The van der Waals surface area contributed by atoms with E-state index in [0.29, 0.717) is 23.7 Å². The van der Waals surface area contributed by atoms with Crippen molar-refractivity contribution in [2.45, 2.75) is 0 Å². The monoisotopic (exact) mass is 160 g/mol. The molecule has 1 rings (SSSR count). The van der Waals surface area contributed by atoms with Crippen molar-refractivity contribution in [3.63, 3.8) is 0 Å². The molecule has 1 aromatic rings. The molecule has 60 valence electrons. The molecule has 0 bridgehead atoms. The van der Waals surface area contributed by atoms with E-state index < -0.39 is 0 Å². The lowest BCUT2D eigenvalue weighted by atomic mass is 10.1. The van der Waals surface area contributed by atoms with E-state index in [-0.39, 0.29) is 0 Å². The molecule has 1 aromatic carbocycles. The average Bonchev–Trinajstić information content (AvgIpc) is 2.16. The van der Waals surface area contributed by atoms with Crippen molar-refractivity contribution in [1.82, 2.24) is 0 Å². The normalized spacial score (nSPS) is 9.00. The fraction of sp³-hybridized carbons (Fsp3) is 0. The van der Waals surface area contributed by atoms with Crippen molar-refractivity contribution in [2.24, 2.45) is 0 Å². The van der Waals surface area contributed by atoms with Gasteiger partial charge in [0.15, 0.2) is 12.6 Å².